The van der Waals surface area contributed by atoms with E-state index in [0.29, 0.717) is 27.2 Å². The summed E-state index contributed by atoms with van der Waals surface area (Å²) in [4.78, 5) is 20.2. The fourth-order valence-electron chi connectivity index (χ4n) is 5.57. The molecule has 0 amide bonds. The molecule has 1 N–H and O–H groups in total. The van der Waals surface area contributed by atoms with Crippen LogP contribution in [0.5, 0.6) is 0 Å². The number of benzene rings is 2. The lowest BCUT2D eigenvalue weighted by Gasteiger charge is -2.33. The van der Waals surface area contributed by atoms with Gasteiger partial charge in [-0.25, -0.2) is 0 Å². The van der Waals surface area contributed by atoms with E-state index in [4.69, 9.17) is 28.2 Å². The van der Waals surface area contributed by atoms with Gasteiger partial charge in [-0.3, -0.25) is 15.1 Å². The van der Waals surface area contributed by atoms with Crippen molar-refractivity contribution in [3.63, 3.8) is 0 Å². The molecule has 4 heterocycles. The van der Waals surface area contributed by atoms with Gasteiger partial charge in [0.1, 0.15) is 17.6 Å². The molecule has 2 saturated heterocycles. The second-order valence-electron chi connectivity index (χ2n) is 10.3. The van der Waals surface area contributed by atoms with E-state index in [1.54, 1.807) is 30.5 Å². The van der Waals surface area contributed by atoms with Gasteiger partial charge in [0.25, 0.3) is 5.69 Å². The van der Waals surface area contributed by atoms with Crippen molar-refractivity contribution in [3.05, 3.63) is 106 Å². The number of nitro groups is 1. The maximum atomic E-state index is 11.7. The lowest BCUT2D eigenvalue weighted by molar-refractivity contribution is -0.384. The van der Waals surface area contributed by atoms with E-state index in [-0.39, 0.29) is 11.7 Å². The highest BCUT2D eigenvalue weighted by atomic mass is 35.5. The number of aromatic nitrogens is 1. The maximum Gasteiger partial charge on any atom is 0.280 e. The van der Waals surface area contributed by atoms with Gasteiger partial charge in [-0.05, 0) is 79.5 Å². The Bertz CT molecular complexity index is 1550. The number of halogens is 1. The van der Waals surface area contributed by atoms with Crippen LogP contribution in [0, 0.1) is 16.0 Å². The van der Waals surface area contributed by atoms with Gasteiger partial charge in [0.05, 0.1) is 32.9 Å². The van der Waals surface area contributed by atoms with E-state index in [0.717, 1.165) is 48.9 Å². The van der Waals surface area contributed by atoms with E-state index in [1.165, 1.54) is 6.07 Å². The molecular formula is C30H28ClN5O3S. The highest BCUT2D eigenvalue weighted by Crippen LogP contribution is 2.45. The Hall–Kier alpha value is -3.95. The predicted octanol–water partition coefficient (Wildman–Crippen LogP) is 7.32. The van der Waals surface area contributed by atoms with Crippen molar-refractivity contribution in [3.8, 4) is 11.3 Å². The van der Waals surface area contributed by atoms with Gasteiger partial charge in [-0.2, -0.15) is 0 Å². The zero-order chi connectivity index (χ0) is 27.8. The van der Waals surface area contributed by atoms with E-state index in [9.17, 15) is 10.1 Å². The van der Waals surface area contributed by atoms with Crippen molar-refractivity contribution in [1.29, 1.82) is 0 Å². The molecule has 8 nitrogen and oxygen atoms in total. The third-order valence-electron chi connectivity index (χ3n) is 7.72. The summed E-state index contributed by atoms with van der Waals surface area (Å²) in [6.45, 7) is 4.25. The summed E-state index contributed by atoms with van der Waals surface area (Å²) in [7, 11) is 0. The van der Waals surface area contributed by atoms with Gasteiger partial charge >= 0.3 is 0 Å². The number of furan rings is 1. The third kappa shape index (κ3) is 4.91. The zero-order valence-electron chi connectivity index (χ0n) is 21.9. The van der Waals surface area contributed by atoms with Crippen molar-refractivity contribution in [2.45, 2.75) is 31.8 Å². The zero-order valence-corrected chi connectivity index (χ0v) is 23.4. The van der Waals surface area contributed by atoms with Crippen molar-refractivity contribution in [2.24, 2.45) is 5.92 Å². The first kappa shape index (κ1) is 26.3. The Labute approximate surface area is 242 Å². The minimum absolute atomic E-state index is 0.0175. The number of hydrogen-bond donors (Lipinski definition) is 1. The van der Waals surface area contributed by atoms with Gasteiger partial charge < -0.3 is 19.5 Å². The Morgan fingerprint density at radius 3 is 2.58 bits per heavy atom. The molecule has 2 aromatic carbocycles. The highest BCUT2D eigenvalue weighted by molar-refractivity contribution is 7.80. The van der Waals surface area contributed by atoms with Gasteiger partial charge in [0, 0.05) is 31.0 Å². The minimum atomic E-state index is -0.406. The van der Waals surface area contributed by atoms with E-state index >= 15 is 0 Å². The third-order valence-corrected chi connectivity index (χ3v) is 8.33. The van der Waals surface area contributed by atoms with Crippen LogP contribution in [0.4, 0.5) is 17.1 Å². The summed E-state index contributed by atoms with van der Waals surface area (Å²) in [5.41, 5.74) is 3.03. The minimum Gasteiger partial charge on any atom is -0.459 e. The molecule has 10 heteroatoms. The van der Waals surface area contributed by atoms with Gasteiger partial charge in [-0.1, -0.05) is 36.7 Å². The molecule has 0 aliphatic carbocycles. The van der Waals surface area contributed by atoms with Crippen LogP contribution in [0.2, 0.25) is 5.02 Å². The normalized spacial score (nSPS) is 19.6. The van der Waals surface area contributed by atoms with Crippen LogP contribution < -0.4 is 15.1 Å². The summed E-state index contributed by atoms with van der Waals surface area (Å²) < 4.78 is 6.34. The largest absolute Gasteiger partial charge is 0.459 e. The topological polar surface area (TPSA) is 87.7 Å². The number of thiocarbonyl (C=S) groups is 1. The fourth-order valence-corrected chi connectivity index (χ4v) is 6.21. The number of para-hydroxylation sites is 1. The summed E-state index contributed by atoms with van der Waals surface area (Å²) in [5, 5.41) is 16.3. The summed E-state index contributed by atoms with van der Waals surface area (Å²) in [6, 6.07) is 21.2. The van der Waals surface area contributed by atoms with E-state index < -0.39 is 11.0 Å². The number of nitrogens with one attached hydrogen (secondary N) is 1. The Morgan fingerprint density at radius 1 is 1.07 bits per heavy atom. The second-order valence-corrected chi connectivity index (χ2v) is 11.1. The molecule has 0 bridgehead atoms. The lowest BCUT2D eigenvalue weighted by Crippen LogP contribution is -2.33. The first-order chi connectivity index (χ1) is 19.4. The van der Waals surface area contributed by atoms with Gasteiger partial charge in [0.2, 0.25) is 0 Å². The lowest BCUT2D eigenvalue weighted by atomic mass is 9.98. The van der Waals surface area contributed by atoms with Gasteiger partial charge in [-0.15, -0.1) is 0 Å². The van der Waals surface area contributed by atoms with Crippen LogP contribution in [0.3, 0.4) is 0 Å². The van der Waals surface area contributed by atoms with Crippen LogP contribution in [-0.2, 0) is 0 Å². The average Bonchev–Trinajstić information content (AvgIpc) is 3.58. The Morgan fingerprint density at radius 2 is 1.85 bits per heavy atom. The van der Waals surface area contributed by atoms with Gasteiger partial charge in [0.15, 0.2) is 5.11 Å². The molecule has 204 valence electrons. The summed E-state index contributed by atoms with van der Waals surface area (Å²) in [5.74, 6) is 1.73. The number of hydrogen-bond acceptors (Lipinski definition) is 6. The fraction of sp³-hybridized carbons (Fsp3) is 0.267. The first-order valence-electron chi connectivity index (χ1n) is 13.3. The van der Waals surface area contributed by atoms with Crippen LogP contribution >= 0.6 is 23.8 Å². The van der Waals surface area contributed by atoms with Crippen molar-refractivity contribution in [2.75, 3.05) is 22.9 Å². The maximum absolute atomic E-state index is 11.7. The number of rotatable bonds is 6. The molecule has 0 saturated carbocycles. The Kier molecular flexibility index (Phi) is 7.16. The molecule has 4 aromatic rings. The second kappa shape index (κ2) is 10.9. The molecule has 6 rings (SSSR count). The average molecular weight is 574 g/mol. The molecule has 0 radical (unpaired) electrons. The number of nitro benzene ring substituents is 1. The summed E-state index contributed by atoms with van der Waals surface area (Å²) in [6.07, 6.45) is 4.03. The molecule has 40 heavy (non-hydrogen) atoms. The molecule has 2 aliphatic heterocycles. The standard InChI is InChI=1S/C30H28ClN5O3S/c1-19-13-16-34(17-14-19)25-10-9-20(18-22(25)31)35-29(28(33-30(35)40)23-7-4-5-15-32-23)27-12-11-26(39-27)21-6-2-3-8-24(21)36(37)38/h2-12,15,18-19,28-29H,13-14,16-17H2,1H3,(H,33,40)/t28-,29-/m0/s1. The van der Waals surface area contributed by atoms with Crippen molar-refractivity contribution >= 4 is 46.0 Å². The van der Waals surface area contributed by atoms with Crippen molar-refractivity contribution in [1.82, 2.24) is 10.3 Å². The van der Waals surface area contributed by atoms with E-state index in [1.807, 2.05) is 41.3 Å². The van der Waals surface area contributed by atoms with E-state index in [2.05, 4.69) is 28.2 Å². The number of pyridine rings is 1. The molecule has 2 atom stereocenters. The van der Waals surface area contributed by atoms with Crippen LogP contribution in [0.15, 0.2) is 83.4 Å². The number of nitrogens with zero attached hydrogens (tertiary/aromatic N) is 4. The van der Waals surface area contributed by atoms with Crippen molar-refractivity contribution < 1.29 is 9.34 Å². The van der Waals surface area contributed by atoms with Crippen LogP contribution in [0.1, 0.15) is 43.3 Å². The molecule has 2 fully saturated rings. The first-order valence-corrected chi connectivity index (χ1v) is 14.1. The Balaban J connectivity index is 1.40. The predicted molar refractivity (Wildman–Crippen MR) is 161 cm³/mol. The number of piperidine rings is 1. The highest BCUT2D eigenvalue weighted by Gasteiger charge is 2.43. The smallest absolute Gasteiger partial charge is 0.280 e. The quantitative estimate of drug-likeness (QED) is 0.146. The monoisotopic (exact) mass is 573 g/mol. The molecule has 0 unspecified atom stereocenters. The molecule has 0 spiro atoms. The molecule has 2 aromatic heterocycles. The molecular weight excluding hydrogens is 546 g/mol. The van der Waals surface area contributed by atoms with Crippen LogP contribution in [0.25, 0.3) is 11.3 Å². The summed E-state index contributed by atoms with van der Waals surface area (Å²) >= 11 is 12.7. The number of anilines is 2. The van der Waals surface area contributed by atoms with Crippen LogP contribution in [-0.4, -0.2) is 28.1 Å². The SMILES string of the molecule is CC1CCN(c2ccc(N3C(=S)N[C@@H](c4ccccn4)[C@@H]3c3ccc(-c4ccccc4[N+](=O)[O-])o3)cc2Cl)CC1. The molecule has 2 aliphatic rings.